The van der Waals surface area contributed by atoms with E-state index in [1.165, 1.54) is 6.20 Å². The van der Waals surface area contributed by atoms with Crippen molar-refractivity contribution in [3.05, 3.63) is 30.1 Å². The fourth-order valence-corrected chi connectivity index (χ4v) is 1.12. The molecule has 0 aliphatic heterocycles. The third-order valence-corrected chi connectivity index (χ3v) is 1.77. The van der Waals surface area contributed by atoms with Crippen molar-refractivity contribution in [2.24, 2.45) is 5.92 Å². The number of hydrogen-bond acceptors (Lipinski definition) is 3. The van der Waals surface area contributed by atoms with Crippen LogP contribution >= 0.6 is 0 Å². The van der Waals surface area contributed by atoms with Crippen LogP contribution in [-0.2, 0) is 4.79 Å². The predicted octanol–water partition coefficient (Wildman–Crippen LogP) is 1.88. The van der Waals surface area contributed by atoms with E-state index >= 15 is 0 Å². The Hall–Kier alpha value is -1.51. The van der Waals surface area contributed by atoms with Crippen LogP contribution in [0.3, 0.4) is 0 Å². The van der Waals surface area contributed by atoms with E-state index in [0.717, 1.165) is 0 Å². The Morgan fingerprint density at radius 2 is 2.14 bits per heavy atom. The molecule has 3 heteroatoms. The average Bonchev–Trinajstić information content (AvgIpc) is 2.17. The van der Waals surface area contributed by atoms with E-state index in [9.17, 15) is 9.59 Å². The molecule has 0 aliphatic rings. The molecule has 0 amide bonds. The molecule has 3 nitrogen and oxygen atoms in total. The van der Waals surface area contributed by atoms with Gasteiger partial charge in [0.1, 0.15) is 0 Å². The summed E-state index contributed by atoms with van der Waals surface area (Å²) in [5.74, 6) is -0.567. The molecule has 0 aliphatic carbocycles. The molecule has 1 aromatic heterocycles. The molecule has 1 rings (SSSR count). The number of carbonyl (C=O) groups excluding carboxylic acids is 2. The van der Waals surface area contributed by atoms with Crippen molar-refractivity contribution in [1.29, 1.82) is 0 Å². The second kappa shape index (κ2) is 4.65. The maximum Gasteiger partial charge on any atom is 0.230 e. The predicted molar refractivity (Wildman–Crippen MR) is 53.0 cm³/mol. The van der Waals surface area contributed by atoms with Crippen molar-refractivity contribution in [2.45, 2.75) is 20.3 Å². The molecule has 0 radical (unpaired) electrons. The molecule has 0 aromatic carbocycles. The summed E-state index contributed by atoms with van der Waals surface area (Å²) < 4.78 is 0. The number of aromatic nitrogens is 1. The van der Waals surface area contributed by atoms with E-state index in [-0.39, 0.29) is 11.7 Å². The number of carbonyl (C=O) groups is 2. The zero-order chi connectivity index (χ0) is 10.6. The second-order valence-corrected chi connectivity index (χ2v) is 3.59. The highest BCUT2D eigenvalue weighted by atomic mass is 16.2. The van der Waals surface area contributed by atoms with E-state index in [2.05, 4.69) is 4.98 Å². The van der Waals surface area contributed by atoms with Crippen LogP contribution in [0.15, 0.2) is 24.5 Å². The van der Waals surface area contributed by atoms with Crippen LogP contribution in [0.4, 0.5) is 0 Å². The highest BCUT2D eigenvalue weighted by Crippen LogP contribution is 2.05. The van der Waals surface area contributed by atoms with Crippen molar-refractivity contribution in [1.82, 2.24) is 4.98 Å². The Bertz CT molecular complexity index is 330. The Labute approximate surface area is 83.2 Å². The van der Waals surface area contributed by atoms with E-state index in [4.69, 9.17) is 0 Å². The summed E-state index contributed by atoms with van der Waals surface area (Å²) in [6.45, 7) is 3.82. The van der Waals surface area contributed by atoms with Crippen molar-refractivity contribution in [3.8, 4) is 0 Å². The largest absolute Gasteiger partial charge is 0.290 e. The normalized spacial score (nSPS) is 10.2. The topological polar surface area (TPSA) is 47.0 Å². The maximum atomic E-state index is 11.5. The fourth-order valence-electron chi connectivity index (χ4n) is 1.12. The van der Waals surface area contributed by atoms with E-state index in [0.29, 0.717) is 12.0 Å². The van der Waals surface area contributed by atoms with Gasteiger partial charge in [0.15, 0.2) is 0 Å². The van der Waals surface area contributed by atoms with Crippen LogP contribution in [0, 0.1) is 5.92 Å². The van der Waals surface area contributed by atoms with Gasteiger partial charge < -0.3 is 0 Å². The smallest absolute Gasteiger partial charge is 0.230 e. The molecule has 0 atom stereocenters. The summed E-state index contributed by atoms with van der Waals surface area (Å²) in [7, 11) is 0. The van der Waals surface area contributed by atoms with Gasteiger partial charge in [0, 0.05) is 24.4 Å². The van der Waals surface area contributed by atoms with Crippen molar-refractivity contribution in [3.63, 3.8) is 0 Å². The number of pyridine rings is 1. The first-order valence-corrected chi connectivity index (χ1v) is 4.59. The summed E-state index contributed by atoms with van der Waals surface area (Å²) in [5.41, 5.74) is 0.373. The van der Waals surface area contributed by atoms with Gasteiger partial charge in [0.2, 0.25) is 11.6 Å². The lowest BCUT2D eigenvalue weighted by Gasteiger charge is -2.02. The first-order chi connectivity index (χ1) is 6.61. The maximum absolute atomic E-state index is 11.5. The van der Waals surface area contributed by atoms with E-state index < -0.39 is 5.78 Å². The second-order valence-electron chi connectivity index (χ2n) is 3.59. The van der Waals surface area contributed by atoms with Gasteiger partial charge in [-0.05, 0) is 18.1 Å². The third-order valence-electron chi connectivity index (χ3n) is 1.77. The van der Waals surface area contributed by atoms with Crippen LogP contribution < -0.4 is 0 Å². The minimum absolute atomic E-state index is 0.211. The van der Waals surface area contributed by atoms with Gasteiger partial charge in [-0.1, -0.05) is 13.8 Å². The Kier molecular flexibility index (Phi) is 3.51. The standard InChI is InChI=1S/C11H13NO2/c1-8(2)6-10(13)11(14)9-4-3-5-12-7-9/h3-5,7-8H,6H2,1-2H3. The molecule has 14 heavy (non-hydrogen) atoms. The van der Waals surface area contributed by atoms with Gasteiger partial charge in [0.05, 0.1) is 0 Å². The number of hydrogen-bond donors (Lipinski definition) is 0. The lowest BCUT2D eigenvalue weighted by molar-refractivity contribution is -0.115. The summed E-state index contributed by atoms with van der Waals surface area (Å²) in [5, 5.41) is 0. The molecule has 0 fully saturated rings. The van der Waals surface area contributed by atoms with Crippen molar-refractivity contribution in [2.75, 3.05) is 0 Å². The highest BCUT2D eigenvalue weighted by molar-refractivity contribution is 6.43. The van der Waals surface area contributed by atoms with Gasteiger partial charge in [-0.2, -0.15) is 0 Å². The number of Topliss-reactive ketones (excluding diaryl/α,β-unsaturated/α-hetero) is 2. The van der Waals surface area contributed by atoms with E-state index in [1.807, 2.05) is 13.8 Å². The van der Waals surface area contributed by atoms with Crippen LogP contribution in [0.25, 0.3) is 0 Å². The van der Waals surface area contributed by atoms with Crippen molar-refractivity contribution < 1.29 is 9.59 Å². The molecular weight excluding hydrogens is 178 g/mol. The zero-order valence-corrected chi connectivity index (χ0v) is 8.36. The average molecular weight is 191 g/mol. The Balaban J connectivity index is 2.72. The minimum Gasteiger partial charge on any atom is -0.290 e. The monoisotopic (exact) mass is 191 g/mol. The molecule has 1 heterocycles. The van der Waals surface area contributed by atoms with Crippen LogP contribution in [0.5, 0.6) is 0 Å². The zero-order valence-electron chi connectivity index (χ0n) is 8.36. The van der Waals surface area contributed by atoms with Gasteiger partial charge in [-0.15, -0.1) is 0 Å². The summed E-state index contributed by atoms with van der Waals surface area (Å²) in [4.78, 5) is 26.7. The van der Waals surface area contributed by atoms with Gasteiger partial charge in [0.25, 0.3) is 0 Å². The van der Waals surface area contributed by atoms with Crippen LogP contribution in [0.2, 0.25) is 0 Å². The lowest BCUT2D eigenvalue weighted by Crippen LogP contribution is -2.16. The first-order valence-electron chi connectivity index (χ1n) is 4.59. The SMILES string of the molecule is CC(C)CC(=O)C(=O)c1cccnc1. The van der Waals surface area contributed by atoms with Gasteiger partial charge in [-0.25, -0.2) is 0 Å². The summed E-state index contributed by atoms with van der Waals surface area (Å²) in [6.07, 6.45) is 3.29. The molecule has 0 saturated carbocycles. The lowest BCUT2D eigenvalue weighted by atomic mass is 10.0. The van der Waals surface area contributed by atoms with Crippen molar-refractivity contribution >= 4 is 11.6 Å². The first kappa shape index (κ1) is 10.6. The summed E-state index contributed by atoms with van der Waals surface area (Å²) >= 11 is 0. The molecule has 0 unspecified atom stereocenters. The summed E-state index contributed by atoms with van der Waals surface area (Å²) in [6, 6.07) is 3.25. The molecule has 0 N–H and O–H groups in total. The third kappa shape index (κ3) is 2.76. The van der Waals surface area contributed by atoms with Gasteiger partial charge in [-0.3, -0.25) is 14.6 Å². The highest BCUT2D eigenvalue weighted by Gasteiger charge is 2.16. The Morgan fingerprint density at radius 1 is 1.43 bits per heavy atom. The van der Waals surface area contributed by atoms with Crippen LogP contribution in [0.1, 0.15) is 30.6 Å². The number of rotatable bonds is 4. The molecule has 0 spiro atoms. The van der Waals surface area contributed by atoms with E-state index in [1.54, 1.807) is 18.3 Å². The minimum atomic E-state index is -0.438. The molecular formula is C11H13NO2. The van der Waals surface area contributed by atoms with Crippen LogP contribution in [-0.4, -0.2) is 16.6 Å². The Morgan fingerprint density at radius 3 is 2.64 bits per heavy atom. The number of ketones is 2. The molecule has 74 valence electrons. The van der Waals surface area contributed by atoms with Gasteiger partial charge >= 0.3 is 0 Å². The molecule has 0 bridgehead atoms. The fraction of sp³-hybridized carbons (Fsp3) is 0.364. The number of nitrogens with zero attached hydrogens (tertiary/aromatic N) is 1. The quantitative estimate of drug-likeness (QED) is 0.539. The molecule has 1 aromatic rings. The molecule has 0 saturated heterocycles.